The molecule has 0 N–H and O–H groups in total. The van der Waals surface area contributed by atoms with E-state index < -0.39 is 0 Å². The summed E-state index contributed by atoms with van der Waals surface area (Å²) >= 11 is 1.81. The number of methoxy groups -OCH3 is 1. The Morgan fingerprint density at radius 1 is 1.14 bits per heavy atom. The van der Waals surface area contributed by atoms with Gasteiger partial charge in [-0.2, -0.15) is 0 Å². The quantitative estimate of drug-likeness (QED) is 0.593. The molecule has 0 saturated carbocycles. The maximum absolute atomic E-state index is 5.41. The van der Waals surface area contributed by atoms with Crippen LogP contribution < -0.4 is 4.74 Å². The van der Waals surface area contributed by atoms with Crippen LogP contribution in [-0.4, -0.2) is 11.7 Å². The van der Waals surface area contributed by atoms with Gasteiger partial charge in [0.2, 0.25) is 0 Å². The second kappa shape index (κ2) is 6.49. The van der Waals surface area contributed by atoms with Gasteiger partial charge in [-0.05, 0) is 43.7 Å². The Morgan fingerprint density at radius 2 is 1.91 bits per heavy atom. The van der Waals surface area contributed by atoms with Crippen LogP contribution in [0.1, 0.15) is 26.3 Å². The van der Waals surface area contributed by atoms with E-state index in [1.54, 1.807) is 7.11 Å². The molecule has 3 heteroatoms. The first-order valence-electron chi connectivity index (χ1n) is 7.64. The van der Waals surface area contributed by atoms with Gasteiger partial charge in [-0.1, -0.05) is 36.9 Å². The molecule has 0 saturated heterocycles. The van der Waals surface area contributed by atoms with Gasteiger partial charge in [0, 0.05) is 32.9 Å². The predicted molar refractivity (Wildman–Crippen MR) is 94.1 cm³/mol. The minimum Gasteiger partial charge on any atom is -0.497 e. The van der Waals surface area contributed by atoms with E-state index in [0.717, 1.165) is 12.2 Å². The Kier molecular flexibility index (Phi) is 4.44. The van der Waals surface area contributed by atoms with Crippen molar-refractivity contribution in [2.75, 3.05) is 7.11 Å². The third-order valence-electron chi connectivity index (χ3n) is 4.04. The minimum atomic E-state index is 0.487. The van der Waals surface area contributed by atoms with Gasteiger partial charge < -0.3 is 9.30 Å². The van der Waals surface area contributed by atoms with E-state index >= 15 is 0 Å². The number of aromatic nitrogens is 1. The molecule has 22 heavy (non-hydrogen) atoms. The van der Waals surface area contributed by atoms with Crippen LogP contribution in [0.3, 0.4) is 0 Å². The molecule has 0 amide bonds. The standard InChI is InChI=1S/C19H21NOS/c1-4-14(2)20-13-19(22-16-8-6-5-7-9-16)17-12-15(21-3)10-11-18(17)20/h5-14H,4H2,1-3H3. The molecule has 0 bridgehead atoms. The van der Waals surface area contributed by atoms with E-state index in [-0.39, 0.29) is 0 Å². The van der Waals surface area contributed by atoms with E-state index in [1.807, 2.05) is 17.8 Å². The highest BCUT2D eigenvalue weighted by Gasteiger charge is 2.13. The SMILES string of the molecule is CCC(C)n1cc(Sc2ccccc2)c2cc(OC)ccc21. The summed E-state index contributed by atoms with van der Waals surface area (Å²) in [5.74, 6) is 0.907. The first-order valence-corrected chi connectivity index (χ1v) is 8.46. The van der Waals surface area contributed by atoms with E-state index in [9.17, 15) is 0 Å². The van der Waals surface area contributed by atoms with Crippen molar-refractivity contribution in [2.45, 2.75) is 36.1 Å². The number of ether oxygens (including phenoxy) is 1. The number of hydrogen-bond acceptors (Lipinski definition) is 2. The smallest absolute Gasteiger partial charge is 0.119 e. The average molecular weight is 311 g/mol. The van der Waals surface area contributed by atoms with Gasteiger partial charge in [0.15, 0.2) is 0 Å². The van der Waals surface area contributed by atoms with Crippen LogP contribution in [0.25, 0.3) is 10.9 Å². The highest BCUT2D eigenvalue weighted by Crippen LogP contribution is 2.38. The third kappa shape index (κ3) is 2.86. The van der Waals surface area contributed by atoms with Gasteiger partial charge in [0.25, 0.3) is 0 Å². The minimum absolute atomic E-state index is 0.487. The molecule has 2 aromatic carbocycles. The van der Waals surface area contributed by atoms with E-state index in [1.165, 1.54) is 20.7 Å². The topological polar surface area (TPSA) is 14.2 Å². The van der Waals surface area contributed by atoms with Crippen LogP contribution in [0.5, 0.6) is 5.75 Å². The summed E-state index contributed by atoms with van der Waals surface area (Å²) in [7, 11) is 1.72. The van der Waals surface area contributed by atoms with Gasteiger partial charge in [-0.25, -0.2) is 0 Å². The van der Waals surface area contributed by atoms with Crippen molar-refractivity contribution >= 4 is 22.7 Å². The number of fused-ring (bicyclic) bond motifs is 1. The van der Waals surface area contributed by atoms with Crippen LogP contribution >= 0.6 is 11.8 Å². The zero-order valence-electron chi connectivity index (χ0n) is 13.2. The molecule has 3 aromatic rings. The molecule has 2 nitrogen and oxygen atoms in total. The average Bonchev–Trinajstić information content (AvgIpc) is 2.93. The van der Waals surface area contributed by atoms with Crippen molar-refractivity contribution in [2.24, 2.45) is 0 Å². The number of rotatable bonds is 5. The van der Waals surface area contributed by atoms with Crippen LogP contribution in [0.15, 0.2) is 64.5 Å². The molecule has 0 aliphatic rings. The number of nitrogens with zero attached hydrogens (tertiary/aromatic N) is 1. The lowest BCUT2D eigenvalue weighted by Gasteiger charge is -2.12. The van der Waals surface area contributed by atoms with Crippen molar-refractivity contribution in [1.82, 2.24) is 4.57 Å². The van der Waals surface area contributed by atoms with E-state index in [2.05, 4.69) is 67.1 Å². The summed E-state index contributed by atoms with van der Waals surface area (Å²) in [6, 6.07) is 17.3. The Hall–Kier alpha value is -1.87. The first-order chi connectivity index (χ1) is 10.7. The van der Waals surface area contributed by atoms with Gasteiger partial charge in [-0.15, -0.1) is 0 Å². The summed E-state index contributed by atoms with van der Waals surface area (Å²) in [6.45, 7) is 4.49. The van der Waals surface area contributed by atoms with Crippen LogP contribution in [-0.2, 0) is 0 Å². The Balaban J connectivity index is 2.11. The molecule has 1 heterocycles. The molecule has 1 atom stereocenters. The fourth-order valence-corrected chi connectivity index (χ4v) is 3.58. The maximum atomic E-state index is 5.41. The van der Waals surface area contributed by atoms with Crippen molar-refractivity contribution in [3.8, 4) is 5.75 Å². The summed E-state index contributed by atoms with van der Waals surface area (Å²) in [6.07, 6.45) is 3.39. The molecule has 1 aromatic heterocycles. The molecule has 114 valence electrons. The summed E-state index contributed by atoms with van der Waals surface area (Å²) in [5.41, 5.74) is 1.27. The fraction of sp³-hybridized carbons (Fsp3) is 0.263. The van der Waals surface area contributed by atoms with Gasteiger partial charge in [0.1, 0.15) is 5.75 Å². The summed E-state index contributed by atoms with van der Waals surface area (Å²) < 4.78 is 7.78. The van der Waals surface area contributed by atoms with Gasteiger partial charge >= 0.3 is 0 Å². The van der Waals surface area contributed by atoms with Crippen LogP contribution in [0.4, 0.5) is 0 Å². The highest BCUT2D eigenvalue weighted by atomic mass is 32.2. The van der Waals surface area contributed by atoms with Crippen molar-refractivity contribution in [3.05, 3.63) is 54.7 Å². The van der Waals surface area contributed by atoms with Crippen molar-refractivity contribution in [3.63, 3.8) is 0 Å². The summed E-state index contributed by atoms with van der Waals surface area (Å²) in [5, 5.41) is 1.26. The molecule has 0 aliphatic heterocycles. The van der Waals surface area contributed by atoms with Crippen LogP contribution in [0, 0.1) is 0 Å². The van der Waals surface area contributed by atoms with E-state index in [0.29, 0.717) is 6.04 Å². The number of benzene rings is 2. The molecule has 0 fully saturated rings. The molecular formula is C19H21NOS. The van der Waals surface area contributed by atoms with Crippen molar-refractivity contribution in [1.29, 1.82) is 0 Å². The lowest BCUT2D eigenvalue weighted by molar-refractivity contribution is 0.415. The normalized spacial score (nSPS) is 12.5. The second-order valence-corrected chi connectivity index (χ2v) is 6.57. The first kappa shape index (κ1) is 15.0. The maximum Gasteiger partial charge on any atom is 0.119 e. The third-order valence-corrected chi connectivity index (χ3v) is 5.09. The molecule has 3 rings (SSSR count). The Morgan fingerprint density at radius 3 is 2.59 bits per heavy atom. The zero-order chi connectivity index (χ0) is 15.5. The molecular weight excluding hydrogens is 290 g/mol. The zero-order valence-corrected chi connectivity index (χ0v) is 14.1. The van der Waals surface area contributed by atoms with Crippen LogP contribution in [0.2, 0.25) is 0 Å². The van der Waals surface area contributed by atoms with Gasteiger partial charge in [0.05, 0.1) is 7.11 Å². The molecule has 1 unspecified atom stereocenters. The van der Waals surface area contributed by atoms with Crippen molar-refractivity contribution < 1.29 is 4.74 Å². The Bertz CT molecular complexity index is 764. The highest BCUT2D eigenvalue weighted by molar-refractivity contribution is 7.99. The van der Waals surface area contributed by atoms with Gasteiger partial charge in [-0.3, -0.25) is 0 Å². The second-order valence-electron chi connectivity index (χ2n) is 5.46. The summed E-state index contributed by atoms with van der Waals surface area (Å²) in [4.78, 5) is 2.54. The lowest BCUT2D eigenvalue weighted by atomic mass is 10.2. The Labute approximate surface area is 136 Å². The monoisotopic (exact) mass is 311 g/mol. The molecule has 0 radical (unpaired) electrons. The number of hydrogen-bond donors (Lipinski definition) is 0. The molecule has 0 spiro atoms. The fourth-order valence-electron chi connectivity index (χ4n) is 2.59. The predicted octanol–water partition coefficient (Wildman–Crippen LogP) is 5.77. The largest absolute Gasteiger partial charge is 0.497 e. The molecule has 0 aliphatic carbocycles. The lowest BCUT2D eigenvalue weighted by Crippen LogP contribution is -2.01. The van der Waals surface area contributed by atoms with E-state index in [4.69, 9.17) is 4.74 Å².